The number of nitrogens with zero attached hydrogens (tertiary/aromatic N) is 2. The molecule has 1 amide bonds. The zero-order valence-electron chi connectivity index (χ0n) is 15.5. The van der Waals surface area contributed by atoms with Crippen molar-refractivity contribution in [2.75, 3.05) is 5.32 Å². The van der Waals surface area contributed by atoms with Crippen LogP contribution in [0.5, 0.6) is 5.75 Å². The number of hydrogen-bond donors (Lipinski definition) is 1. The van der Waals surface area contributed by atoms with Gasteiger partial charge in [0.05, 0.1) is 17.0 Å². The highest BCUT2D eigenvalue weighted by atomic mass is 32.1. The maximum absolute atomic E-state index is 12.1. The topological polar surface area (TPSA) is 73.2 Å². The average Bonchev–Trinajstić information content (AvgIpc) is 3.25. The zero-order chi connectivity index (χ0) is 19.4. The largest absolute Gasteiger partial charge is 0.427 e. The van der Waals surface area contributed by atoms with Crippen molar-refractivity contribution in [1.29, 1.82) is 0 Å². The molecule has 0 aliphatic rings. The van der Waals surface area contributed by atoms with Gasteiger partial charge in [-0.3, -0.25) is 14.3 Å². The number of carbonyl (C=O) groups is 2. The first-order valence-corrected chi connectivity index (χ1v) is 9.46. The molecule has 140 valence electrons. The summed E-state index contributed by atoms with van der Waals surface area (Å²) in [6, 6.07) is 10.4. The van der Waals surface area contributed by atoms with Crippen LogP contribution in [0, 0.1) is 13.8 Å². The molecular formula is C20H21N3O3S. The second-order valence-electron chi connectivity index (χ2n) is 6.20. The third-order valence-electron chi connectivity index (χ3n) is 4.33. The molecule has 0 unspecified atom stereocenters. The molecule has 0 saturated heterocycles. The van der Waals surface area contributed by atoms with Gasteiger partial charge in [0, 0.05) is 18.4 Å². The minimum absolute atomic E-state index is 0.156. The highest BCUT2D eigenvalue weighted by molar-refractivity contribution is 7.12. The SMILES string of the molecule is Cc1nn(C)c(C)c1CCC(=O)Oc1ccc(NC(=O)c2cccs2)cc1. The van der Waals surface area contributed by atoms with E-state index < -0.39 is 0 Å². The lowest BCUT2D eigenvalue weighted by molar-refractivity contribution is -0.134. The van der Waals surface area contributed by atoms with Crippen LogP contribution in [0.3, 0.4) is 0 Å². The number of anilines is 1. The number of aromatic nitrogens is 2. The van der Waals surface area contributed by atoms with Crippen LogP contribution in [0.15, 0.2) is 41.8 Å². The Bertz CT molecular complexity index is 944. The molecule has 0 aliphatic heterocycles. The Labute approximate surface area is 161 Å². The number of esters is 1. The Balaban J connectivity index is 1.53. The van der Waals surface area contributed by atoms with Crippen LogP contribution in [0.1, 0.15) is 33.0 Å². The van der Waals surface area contributed by atoms with Crippen molar-refractivity contribution >= 4 is 28.9 Å². The summed E-state index contributed by atoms with van der Waals surface area (Å²) in [5, 5.41) is 9.02. The number of carbonyl (C=O) groups excluding carboxylic acids is 2. The van der Waals surface area contributed by atoms with Crippen LogP contribution in [-0.2, 0) is 18.3 Å². The van der Waals surface area contributed by atoms with Crippen molar-refractivity contribution in [2.24, 2.45) is 7.05 Å². The van der Waals surface area contributed by atoms with Crippen molar-refractivity contribution < 1.29 is 14.3 Å². The molecule has 2 aromatic heterocycles. The molecule has 1 aromatic carbocycles. The fourth-order valence-corrected chi connectivity index (χ4v) is 3.41. The number of thiophene rings is 1. The predicted molar refractivity (Wildman–Crippen MR) is 105 cm³/mol. The molecule has 3 rings (SSSR count). The molecule has 1 N–H and O–H groups in total. The van der Waals surface area contributed by atoms with Crippen LogP contribution in [0.25, 0.3) is 0 Å². The number of rotatable bonds is 6. The molecule has 0 aliphatic carbocycles. The second-order valence-corrected chi connectivity index (χ2v) is 7.15. The van der Waals surface area contributed by atoms with Gasteiger partial charge in [0.1, 0.15) is 5.75 Å². The lowest BCUT2D eigenvalue weighted by Crippen LogP contribution is -2.11. The number of aryl methyl sites for hydroxylation is 2. The summed E-state index contributed by atoms with van der Waals surface area (Å²) >= 11 is 1.38. The van der Waals surface area contributed by atoms with Gasteiger partial charge < -0.3 is 10.1 Å². The van der Waals surface area contributed by atoms with Gasteiger partial charge in [-0.1, -0.05) is 6.07 Å². The fraction of sp³-hybridized carbons (Fsp3) is 0.250. The van der Waals surface area contributed by atoms with Gasteiger partial charge in [0.15, 0.2) is 0 Å². The lowest BCUT2D eigenvalue weighted by atomic mass is 10.1. The maximum atomic E-state index is 12.1. The van der Waals surface area contributed by atoms with E-state index in [4.69, 9.17) is 4.74 Å². The first-order valence-electron chi connectivity index (χ1n) is 8.58. The molecule has 6 nitrogen and oxygen atoms in total. The molecule has 0 saturated carbocycles. The van der Waals surface area contributed by atoms with Gasteiger partial charge in [-0.05, 0) is 61.5 Å². The molecule has 0 spiro atoms. The van der Waals surface area contributed by atoms with Crippen LogP contribution < -0.4 is 10.1 Å². The van der Waals surface area contributed by atoms with Gasteiger partial charge >= 0.3 is 5.97 Å². The zero-order valence-corrected chi connectivity index (χ0v) is 16.3. The predicted octanol–water partition coefficient (Wildman–Crippen LogP) is 3.89. The van der Waals surface area contributed by atoms with Gasteiger partial charge in [-0.2, -0.15) is 5.10 Å². The summed E-state index contributed by atoms with van der Waals surface area (Å²) in [5.41, 5.74) is 3.73. The van der Waals surface area contributed by atoms with Crippen molar-refractivity contribution in [1.82, 2.24) is 9.78 Å². The van der Waals surface area contributed by atoms with Crippen molar-refractivity contribution in [2.45, 2.75) is 26.7 Å². The lowest BCUT2D eigenvalue weighted by Gasteiger charge is -2.07. The summed E-state index contributed by atoms with van der Waals surface area (Å²) in [6.45, 7) is 3.93. The molecular weight excluding hydrogens is 362 g/mol. The first kappa shape index (κ1) is 18.8. The summed E-state index contributed by atoms with van der Waals surface area (Å²) in [5.74, 6) is -0.00117. The van der Waals surface area contributed by atoms with Crippen molar-refractivity contribution in [3.05, 3.63) is 63.6 Å². The van der Waals surface area contributed by atoms with Crippen LogP contribution in [-0.4, -0.2) is 21.7 Å². The van der Waals surface area contributed by atoms with Crippen molar-refractivity contribution in [3.8, 4) is 5.75 Å². The summed E-state index contributed by atoms with van der Waals surface area (Å²) in [6.07, 6.45) is 0.879. The maximum Gasteiger partial charge on any atom is 0.311 e. The number of amides is 1. The molecule has 7 heteroatoms. The van der Waals surface area contributed by atoms with E-state index in [1.807, 2.05) is 37.0 Å². The van der Waals surface area contributed by atoms with Gasteiger partial charge in [0.2, 0.25) is 0 Å². The summed E-state index contributed by atoms with van der Waals surface area (Å²) in [4.78, 5) is 24.8. The second kappa shape index (κ2) is 8.18. The molecule has 0 atom stereocenters. The van der Waals surface area contributed by atoms with E-state index >= 15 is 0 Å². The Morgan fingerprint density at radius 2 is 1.93 bits per heavy atom. The Hall–Kier alpha value is -2.93. The third-order valence-corrected chi connectivity index (χ3v) is 5.20. The Morgan fingerprint density at radius 3 is 2.52 bits per heavy atom. The molecule has 0 bridgehead atoms. The van der Waals surface area contributed by atoms with Gasteiger partial charge in [0.25, 0.3) is 5.91 Å². The minimum Gasteiger partial charge on any atom is -0.427 e. The van der Waals surface area contributed by atoms with E-state index in [-0.39, 0.29) is 18.3 Å². The summed E-state index contributed by atoms with van der Waals surface area (Å²) < 4.78 is 7.20. The number of hydrogen-bond acceptors (Lipinski definition) is 5. The fourth-order valence-electron chi connectivity index (χ4n) is 2.80. The van der Waals surface area contributed by atoms with E-state index in [0.29, 0.717) is 22.7 Å². The quantitative estimate of drug-likeness (QED) is 0.518. The Morgan fingerprint density at radius 1 is 1.19 bits per heavy atom. The van der Waals surface area contributed by atoms with Crippen molar-refractivity contribution in [3.63, 3.8) is 0 Å². The van der Waals surface area contributed by atoms with E-state index in [9.17, 15) is 9.59 Å². The van der Waals surface area contributed by atoms with Gasteiger partial charge in [-0.15, -0.1) is 11.3 Å². The van der Waals surface area contributed by atoms with Crippen LogP contribution in [0.2, 0.25) is 0 Å². The smallest absolute Gasteiger partial charge is 0.311 e. The molecule has 27 heavy (non-hydrogen) atoms. The van der Waals surface area contributed by atoms with E-state index in [2.05, 4.69) is 10.4 Å². The minimum atomic E-state index is -0.298. The number of ether oxygens (including phenoxy) is 1. The number of nitrogens with one attached hydrogen (secondary N) is 1. The van der Waals surface area contributed by atoms with Crippen LogP contribution in [0.4, 0.5) is 5.69 Å². The summed E-state index contributed by atoms with van der Waals surface area (Å²) in [7, 11) is 1.89. The van der Waals surface area contributed by atoms with E-state index in [1.165, 1.54) is 11.3 Å². The van der Waals surface area contributed by atoms with E-state index in [0.717, 1.165) is 17.0 Å². The normalized spacial score (nSPS) is 10.6. The highest BCUT2D eigenvalue weighted by Crippen LogP contribution is 2.19. The molecule has 2 heterocycles. The van der Waals surface area contributed by atoms with E-state index in [1.54, 1.807) is 30.3 Å². The molecule has 3 aromatic rings. The average molecular weight is 383 g/mol. The first-order chi connectivity index (χ1) is 12.9. The standard InChI is InChI=1S/C20H21N3O3S/c1-13-17(14(2)23(3)22-13)10-11-19(24)26-16-8-6-15(7-9-16)21-20(25)18-5-4-12-27-18/h4-9,12H,10-11H2,1-3H3,(H,21,25). The molecule has 0 radical (unpaired) electrons. The monoisotopic (exact) mass is 383 g/mol. The highest BCUT2D eigenvalue weighted by Gasteiger charge is 2.13. The number of benzene rings is 1. The third kappa shape index (κ3) is 4.62. The molecule has 0 fully saturated rings. The van der Waals surface area contributed by atoms with Crippen LogP contribution >= 0.6 is 11.3 Å². The van der Waals surface area contributed by atoms with Gasteiger partial charge in [-0.25, -0.2) is 0 Å². The Kier molecular flexibility index (Phi) is 5.71.